The summed E-state index contributed by atoms with van der Waals surface area (Å²) in [6.07, 6.45) is 4.99. The predicted octanol–water partition coefficient (Wildman–Crippen LogP) is 2.29. The van der Waals surface area contributed by atoms with Crippen LogP contribution in [0.2, 0.25) is 0 Å². The van der Waals surface area contributed by atoms with E-state index in [2.05, 4.69) is 35.6 Å². The van der Waals surface area contributed by atoms with Crippen LogP contribution in [-0.2, 0) is 0 Å². The van der Waals surface area contributed by atoms with Gasteiger partial charge >= 0.3 is 0 Å². The van der Waals surface area contributed by atoms with Crippen LogP contribution in [0.25, 0.3) is 0 Å². The third kappa shape index (κ3) is 1.78. The molecule has 0 fully saturated rings. The fourth-order valence-corrected chi connectivity index (χ4v) is 1.16. The molecular weight excluding hydrogens is 150 g/mol. The van der Waals surface area contributed by atoms with Crippen molar-refractivity contribution in [3.63, 3.8) is 0 Å². The topological polar surface area (TPSA) is 29.9 Å². The molecule has 0 spiro atoms. The summed E-state index contributed by atoms with van der Waals surface area (Å²) in [6.45, 7) is 7.38. The minimum absolute atomic E-state index is 0.529. The summed E-state index contributed by atoms with van der Waals surface area (Å²) in [6, 6.07) is 0.529. The lowest BCUT2D eigenvalue weighted by Crippen LogP contribution is -2.09. The highest BCUT2D eigenvalue weighted by atomic mass is 15.2. The fourth-order valence-electron chi connectivity index (χ4n) is 1.16. The van der Waals surface area contributed by atoms with Crippen LogP contribution >= 0.6 is 0 Å². The third-order valence-corrected chi connectivity index (χ3v) is 2.07. The molecule has 1 atom stereocenters. The zero-order chi connectivity index (χ0) is 8.97. The number of imidazole rings is 1. The summed E-state index contributed by atoms with van der Waals surface area (Å²) in [4.78, 5) is 4.23. The van der Waals surface area contributed by atoms with Crippen LogP contribution in [0.5, 0.6) is 0 Å². The van der Waals surface area contributed by atoms with Crippen LogP contribution in [0.15, 0.2) is 12.4 Å². The van der Waals surface area contributed by atoms with Gasteiger partial charge < -0.3 is 9.88 Å². The quantitative estimate of drug-likeness (QED) is 0.745. The maximum atomic E-state index is 4.23. The first-order valence-corrected chi connectivity index (χ1v) is 4.56. The number of aromatic nitrogens is 2. The highest BCUT2D eigenvalue weighted by Gasteiger charge is 2.05. The monoisotopic (exact) mass is 167 g/mol. The molecule has 0 radical (unpaired) electrons. The van der Waals surface area contributed by atoms with Gasteiger partial charge in [0.2, 0.25) is 5.95 Å². The molecule has 1 heterocycles. The van der Waals surface area contributed by atoms with Gasteiger partial charge in [-0.1, -0.05) is 6.92 Å². The minimum atomic E-state index is 0.529. The summed E-state index contributed by atoms with van der Waals surface area (Å²) >= 11 is 0. The third-order valence-electron chi connectivity index (χ3n) is 2.07. The molecule has 1 rings (SSSR count). The lowest BCUT2D eigenvalue weighted by atomic mass is 10.2. The van der Waals surface area contributed by atoms with Crippen molar-refractivity contribution in [2.75, 3.05) is 11.9 Å². The molecule has 0 amide bonds. The van der Waals surface area contributed by atoms with Crippen LogP contribution in [-0.4, -0.2) is 16.1 Å². The summed E-state index contributed by atoms with van der Waals surface area (Å²) < 4.78 is 2.17. The Balaban J connectivity index is 2.76. The number of nitrogens with zero attached hydrogens (tertiary/aromatic N) is 2. The summed E-state index contributed by atoms with van der Waals surface area (Å²) in [5.74, 6) is 0.979. The Kier molecular flexibility index (Phi) is 3.14. The van der Waals surface area contributed by atoms with Gasteiger partial charge in [-0.3, -0.25) is 0 Å². The number of hydrogen-bond donors (Lipinski definition) is 1. The van der Waals surface area contributed by atoms with Gasteiger partial charge in [0, 0.05) is 25.0 Å². The van der Waals surface area contributed by atoms with Crippen molar-refractivity contribution < 1.29 is 0 Å². The van der Waals surface area contributed by atoms with Crippen molar-refractivity contribution in [3.05, 3.63) is 12.4 Å². The van der Waals surface area contributed by atoms with Crippen LogP contribution < -0.4 is 5.32 Å². The molecule has 12 heavy (non-hydrogen) atoms. The average Bonchev–Trinajstić information content (AvgIpc) is 2.52. The summed E-state index contributed by atoms with van der Waals surface area (Å²) in [7, 11) is 0. The Bertz CT molecular complexity index is 229. The van der Waals surface area contributed by atoms with Gasteiger partial charge in [0.1, 0.15) is 0 Å². The molecule has 0 aliphatic rings. The molecule has 1 N–H and O–H groups in total. The highest BCUT2D eigenvalue weighted by Crippen LogP contribution is 2.15. The average molecular weight is 167 g/mol. The standard InChI is InChI=1S/C9H17N3/c1-4-8(3)12-7-6-11-9(12)10-5-2/h6-8H,4-5H2,1-3H3,(H,10,11). The number of rotatable bonds is 4. The second kappa shape index (κ2) is 4.14. The number of hydrogen-bond acceptors (Lipinski definition) is 2. The van der Waals surface area contributed by atoms with Crippen LogP contribution in [0.4, 0.5) is 5.95 Å². The molecule has 1 unspecified atom stereocenters. The first-order valence-electron chi connectivity index (χ1n) is 4.56. The minimum Gasteiger partial charge on any atom is -0.356 e. The summed E-state index contributed by atoms with van der Waals surface area (Å²) in [5, 5.41) is 3.22. The highest BCUT2D eigenvalue weighted by molar-refractivity contribution is 5.25. The van der Waals surface area contributed by atoms with E-state index in [1.165, 1.54) is 0 Å². The Morgan fingerprint density at radius 3 is 2.92 bits per heavy atom. The van der Waals surface area contributed by atoms with E-state index in [-0.39, 0.29) is 0 Å². The molecule has 0 aliphatic carbocycles. The van der Waals surface area contributed by atoms with E-state index < -0.39 is 0 Å². The molecule has 0 bridgehead atoms. The van der Waals surface area contributed by atoms with Crippen LogP contribution in [0, 0.1) is 0 Å². The van der Waals surface area contributed by atoms with Crippen LogP contribution in [0.3, 0.4) is 0 Å². The second-order valence-electron chi connectivity index (χ2n) is 2.95. The van der Waals surface area contributed by atoms with E-state index in [9.17, 15) is 0 Å². The van der Waals surface area contributed by atoms with Crippen molar-refractivity contribution in [1.29, 1.82) is 0 Å². The normalized spacial score (nSPS) is 12.9. The van der Waals surface area contributed by atoms with Gasteiger partial charge in [-0.05, 0) is 20.3 Å². The zero-order valence-electron chi connectivity index (χ0n) is 8.04. The Labute approximate surface area is 73.8 Å². The molecule has 0 saturated heterocycles. The predicted molar refractivity (Wildman–Crippen MR) is 51.4 cm³/mol. The van der Waals surface area contributed by atoms with Crippen molar-refractivity contribution in [2.45, 2.75) is 33.2 Å². The van der Waals surface area contributed by atoms with Crippen molar-refractivity contribution in [1.82, 2.24) is 9.55 Å². The fraction of sp³-hybridized carbons (Fsp3) is 0.667. The van der Waals surface area contributed by atoms with Crippen LogP contribution in [0.1, 0.15) is 33.2 Å². The van der Waals surface area contributed by atoms with Gasteiger partial charge in [0.15, 0.2) is 0 Å². The smallest absolute Gasteiger partial charge is 0.203 e. The Morgan fingerprint density at radius 1 is 1.58 bits per heavy atom. The Hall–Kier alpha value is -0.990. The molecule has 68 valence electrons. The molecule has 0 aromatic carbocycles. The molecule has 0 saturated carbocycles. The number of nitrogens with one attached hydrogen (secondary N) is 1. The van der Waals surface area contributed by atoms with E-state index in [0.717, 1.165) is 18.9 Å². The van der Waals surface area contributed by atoms with E-state index in [0.29, 0.717) is 6.04 Å². The zero-order valence-corrected chi connectivity index (χ0v) is 8.04. The maximum Gasteiger partial charge on any atom is 0.203 e. The largest absolute Gasteiger partial charge is 0.356 e. The molecule has 1 aromatic heterocycles. The Morgan fingerprint density at radius 2 is 2.33 bits per heavy atom. The van der Waals surface area contributed by atoms with Gasteiger partial charge in [-0.25, -0.2) is 4.98 Å². The van der Waals surface area contributed by atoms with E-state index in [4.69, 9.17) is 0 Å². The second-order valence-corrected chi connectivity index (χ2v) is 2.95. The van der Waals surface area contributed by atoms with Crippen molar-refractivity contribution >= 4 is 5.95 Å². The van der Waals surface area contributed by atoms with E-state index in [1.807, 2.05) is 12.4 Å². The summed E-state index contributed by atoms with van der Waals surface area (Å²) in [5.41, 5.74) is 0. The maximum absolute atomic E-state index is 4.23. The van der Waals surface area contributed by atoms with E-state index in [1.54, 1.807) is 0 Å². The lowest BCUT2D eigenvalue weighted by Gasteiger charge is -2.14. The molecule has 3 heteroatoms. The number of anilines is 1. The van der Waals surface area contributed by atoms with Crippen molar-refractivity contribution in [2.24, 2.45) is 0 Å². The van der Waals surface area contributed by atoms with Gasteiger partial charge in [0.25, 0.3) is 0 Å². The first-order chi connectivity index (χ1) is 5.79. The lowest BCUT2D eigenvalue weighted by molar-refractivity contribution is 0.535. The molecular formula is C9H17N3. The molecule has 3 nitrogen and oxygen atoms in total. The van der Waals surface area contributed by atoms with Gasteiger partial charge in [-0.2, -0.15) is 0 Å². The first kappa shape index (κ1) is 9.10. The van der Waals surface area contributed by atoms with E-state index >= 15 is 0 Å². The molecule has 0 aliphatic heterocycles. The van der Waals surface area contributed by atoms with Gasteiger partial charge in [0.05, 0.1) is 0 Å². The molecule has 1 aromatic rings. The SMILES string of the molecule is CCNc1nccn1C(C)CC. The van der Waals surface area contributed by atoms with Crippen molar-refractivity contribution in [3.8, 4) is 0 Å². The van der Waals surface area contributed by atoms with Gasteiger partial charge in [-0.15, -0.1) is 0 Å².